The first kappa shape index (κ1) is 12.9. The molecule has 0 atom stereocenters. The number of carbonyl (C=O) groups excluding carboxylic acids is 1. The number of carbonyl (C=O) groups is 1. The molecule has 0 unspecified atom stereocenters. The maximum Gasteiger partial charge on any atom is 0.220 e. The summed E-state index contributed by atoms with van der Waals surface area (Å²) in [5, 5.41) is 7.36. The Bertz CT molecular complexity index is 608. The molecule has 0 bridgehead atoms. The molecule has 0 radical (unpaired) electrons. The number of aromatic amines is 1. The fourth-order valence-corrected chi connectivity index (χ4v) is 2.13. The number of halogens is 2. The van der Waals surface area contributed by atoms with Gasteiger partial charge in [-0.1, -0.05) is 23.2 Å². The zero-order chi connectivity index (χ0) is 13.3. The van der Waals surface area contributed by atoms with Gasteiger partial charge in [0.25, 0.3) is 0 Å². The Labute approximate surface area is 114 Å². The minimum atomic E-state index is -0.250. The standard InChI is InChI=1S/C12H10Cl2N2O2/c1-6-10(12(18-2)16-15-6)11(17)8-4-3-7(13)5-9(8)14/h3-5H,1-2H3,(H,15,16). The van der Waals surface area contributed by atoms with Crippen LogP contribution in [-0.2, 0) is 0 Å². The predicted octanol–water partition coefficient (Wildman–Crippen LogP) is 3.26. The second kappa shape index (κ2) is 5.00. The molecule has 0 aliphatic heterocycles. The van der Waals surface area contributed by atoms with Gasteiger partial charge in [-0.3, -0.25) is 4.79 Å². The summed E-state index contributed by atoms with van der Waals surface area (Å²) in [6.07, 6.45) is 0. The molecule has 1 aromatic heterocycles. The molecule has 1 aromatic carbocycles. The molecule has 0 saturated heterocycles. The highest BCUT2D eigenvalue weighted by Crippen LogP contribution is 2.27. The summed E-state index contributed by atoms with van der Waals surface area (Å²) in [4.78, 5) is 12.4. The molecule has 0 saturated carbocycles. The van der Waals surface area contributed by atoms with Crippen LogP contribution in [0.4, 0.5) is 0 Å². The van der Waals surface area contributed by atoms with Gasteiger partial charge in [0.2, 0.25) is 11.7 Å². The summed E-state index contributed by atoms with van der Waals surface area (Å²) in [6, 6.07) is 4.72. The van der Waals surface area contributed by atoms with Gasteiger partial charge in [0.15, 0.2) is 0 Å². The summed E-state index contributed by atoms with van der Waals surface area (Å²) in [7, 11) is 1.47. The normalized spacial score (nSPS) is 10.4. The lowest BCUT2D eigenvalue weighted by molar-refractivity contribution is 0.103. The van der Waals surface area contributed by atoms with Crippen molar-refractivity contribution in [2.75, 3.05) is 7.11 Å². The van der Waals surface area contributed by atoms with Crippen molar-refractivity contribution >= 4 is 29.0 Å². The molecular weight excluding hydrogens is 275 g/mol. The first-order valence-electron chi connectivity index (χ1n) is 5.13. The topological polar surface area (TPSA) is 55.0 Å². The molecule has 94 valence electrons. The fraction of sp³-hybridized carbons (Fsp3) is 0.167. The highest BCUT2D eigenvalue weighted by atomic mass is 35.5. The minimum absolute atomic E-state index is 0.250. The van der Waals surface area contributed by atoms with Gasteiger partial charge in [-0.2, -0.15) is 5.10 Å². The number of aromatic nitrogens is 2. The molecule has 0 fully saturated rings. The zero-order valence-corrected chi connectivity index (χ0v) is 11.3. The maximum atomic E-state index is 12.4. The molecule has 1 N–H and O–H groups in total. The minimum Gasteiger partial charge on any atom is -0.481 e. The van der Waals surface area contributed by atoms with Gasteiger partial charge in [0, 0.05) is 10.6 Å². The van der Waals surface area contributed by atoms with Crippen molar-refractivity contribution in [3.05, 3.63) is 45.1 Å². The molecule has 0 aliphatic rings. The van der Waals surface area contributed by atoms with Gasteiger partial charge in [-0.05, 0) is 25.1 Å². The van der Waals surface area contributed by atoms with E-state index in [0.29, 0.717) is 32.7 Å². The summed E-state index contributed by atoms with van der Waals surface area (Å²) in [5.74, 6) is 0.0725. The van der Waals surface area contributed by atoms with Gasteiger partial charge in [-0.25, -0.2) is 5.10 Å². The third-order valence-corrected chi connectivity index (χ3v) is 3.07. The van der Waals surface area contributed by atoms with Crippen molar-refractivity contribution in [3.8, 4) is 5.88 Å². The van der Waals surface area contributed by atoms with E-state index in [1.807, 2.05) is 0 Å². The van der Waals surface area contributed by atoms with Crippen LogP contribution in [-0.4, -0.2) is 23.1 Å². The second-order valence-electron chi connectivity index (χ2n) is 3.67. The van der Waals surface area contributed by atoms with Crippen LogP contribution in [0.15, 0.2) is 18.2 Å². The van der Waals surface area contributed by atoms with Crippen molar-refractivity contribution in [2.45, 2.75) is 6.92 Å². The van der Waals surface area contributed by atoms with Crippen LogP contribution < -0.4 is 4.74 Å². The quantitative estimate of drug-likeness (QED) is 0.880. The van der Waals surface area contributed by atoms with Gasteiger partial charge < -0.3 is 4.74 Å². The van der Waals surface area contributed by atoms with E-state index in [1.165, 1.54) is 13.2 Å². The number of aryl methyl sites for hydroxylation is 1. The van der Waals surface area contributed by atoms with Crippen molar-refractivity contribution < 1.29 is 9.53 Å². The second-order valence-corrected chi connectivity index (χ2v) is 4.51. The Balaban J connectivity index is 2.51. The number of benzene rings is 1. The van der Waals surface area contributed by atoms with Crippen LogP contribution in [0, 0.1) is 6.92 Å². The Morgan fingerprint density at radius 3 is 2.72 bits per heavy atom. The molecule has 0 amide bonds. The molecule has 4 nitrogen and oxygen atoms in total. The van der Waals surface area contributed by atoms with E-state index in [2.05, 4.69) is 10.2 Å². The van der Waals surface area contributed by atoms with Gasteiger partial charge >= 0.3 is 0 Å². The lowest BCUT2D eigenvalue weighted by Gasteiger charge is -2.05. The first-order valence-corrected chi connectivity index (χ1v) is 5.89. The van der Waals surface area contributed by atoms with Crippen LogP contribution in [0.3, 0.4) is 0 Å². The van der Waals surface area contributed by atoms with E-state index in [4.69, 9.17) is 27.9 Å². The summed E-state index contributed by atoms with van der Waals surface area (Å²) >= 11 is 11.8. The van der Waals surface area contributed by atoms with Crippen LogP contribution >= 0.6 is 23.2 Å². The number of hydrogen-bond acceptors (Lipinski definition) is 3. The Hall–Kier alpha value is -1.52. The molecule has 0 aliphatic carbocycles. The molecule has 2 aromatic rings. The number of hydrogen-bond donors (Lipinski definition) is 1. The monoisotopic (exact) mass is 284 g/mol. The molecule has 1 heterocycles. The summed E-state index contributed by atoms with van der Waals surface area (Å²) in [6.45, 7) is 1.72. The van der Waals surface area contributed by atoms with E-state index in [1.54, 1.807) is 19.1 Å². The third kappa shape index (κ3) is 2.21. The number of nitrogens with zero attached hydrogens (tertiary/aromatic N) is 1. The molecule has 2 rings (SSSR count). The van der Waals surface area contributed by atoms with Crippen molar-refractivity contribution in [1.29, 1.82) is 0 Å². The van der Waals surface area contributed by atoms with Crippen molar-refractivity contribution in [2.24, 2.45) is 0 Å². The van der Waals surface area contributed by atoms with Crippen LogP contribution in [0.5, 0.6) is 5.88 Å². The lowest BCUT2D eigenvalue weighted by atomic mass is 10.0. The summed E-state index contributed by atoms with van der Waals surface area (Å²) in [5.41, 5.74) is 1.30. The van der Waals surface area contributed by atoms with Gasteiger partial charge in [-0.15, -0.1) is 0 Å². The first-order chi connectivity index (χ1) is 8.54. The molecule has 6 heteroatoms. The average Bonchev–Trinajstić information content (AvgIpc) is 2.69. The Kier molecular flexibility index (Phi) is 3.59. The largest absolute Gasteiger partial charge is 0.481 e. The van der Waals surface area contributed by atoms with Crippen LogP contribution in [0.1, 0.15) is 21.6 Å². The fourth-order valence-electron chi connectivity index (χ4n) is 1.63. The van der Waals surface area contributed by atoms with E-state index in [0.717, 1.165) is 0 Å². The van der Waals surface area contributed by atoms with E-state index in [9.17, 15) is 4.79 Å². The number of methoxy groups -OCH3 is 1. The molecule has 0 spiro atoms. The van der Waals surface area contributed by atoms with E-state index in [-0.39, 0.29) is 5.78 Å². The van der Waals surface area contributed by atoms with Crippen molar-refractivity contribution in [3.63, 3.8) is 0 Å². The molecular formula is C12H10Cl2N2O2. The highest BCUT2D eigenvalue weighted by Gasteiger charge is 2.22. The Morgan fingerprint density at radius 2 is 2.11 bits per heavy atom. The van der Waals surface area contributed by atoms with Gasteiger partial charge in [0.1, 0.15) is 5.56 Å². The van der Waals surface area contributed by atoms with Crippen molar-refractivity contribution in [1.82, 2.24) is 10.2 Å². The van der Waals surface area contributed by atoms with E-state index >= 15 is 0 Å². The molecule has 18 heavy (non-hydrogen) atoms. The van der Waals surface area contributed by atoms with Gasteiger partial charge in [0.05, 0.1) is 17.8 Å². The van der Waals surface area contributed by atoms with Crippen LogP contribution in [0.25, 0.3) is 0 Å². The van der Waals surface area contributed by atoms with E-state index < -0.39 is 0 Å². The van der Waals surface area contributed by atoms with Crippen LogP contribution in [0.2, 0.25) is 10.0 Å². The third-order valence-electron chi connectivity index (χ3n) is 2.52. The highest BCUT2D eigenvalue weighted by molar-refractivity contribution is 6.37. The number of H-pyrrole nitrogens is 1. The SMILES string of the molecule is COc1[nH]nc(C)c1C(=O)c1ccc(Cl)cc1Cl. The zero-order valence-electron chi connectivity index (χ0n) is 9.75. The lowest BCUT2D eigenvalue weighted by Crippen LogP contribution is -2.05. The number of rotatable bonds is 3. The number of ether oxygens (including phenoxy) is 1. The Morgan fingerprint density at radius 1 is 1.39 bits per heavy atom. The predicted molar refractivity (Wildman–Crippen MR) is 69.8 cm³/mol. The average molecular weight is 285 g/mol. The maximum absolute atomic E-state index is 12.4. The number of ketones is 1. The summed E-state index contributed by atoms with van der Waals surface area (Å²) < 4.78 is 5.06. The number of nitrogens with one attached hydrogen (secondary N) is 1. The smallest absolute Gasteiger partial charge is 0.220 e.